The van der Waals surface area contributed by atoms with Crippen molar-refractivity contribution in [2.45, 2.75) is 20.8 Å². The molecule has 0 unspecified atom stereocenters. The van der Waals surface area contributed by atoms with Crippen LogP contribution in [-0.4, -0.2) is 9.91 Å². The van der Waals surface area contributed by atoms with Crippen molar-refractivity contribution in [1.82, 2.24) is 4.98 Å². The van der Waals surface area contributed by atoms with Crippen molar-refractivity contribution >= 4 is 17.3 Å². The van der Waals surface area contributed by atoms with E-state index in [1.165, 1.54) is 12.3 Å². The van der Waals surface area contributed by atoms with Crippen molar-refractivity contribution in [2.24, 2.45) is 0 Å². The average Bonchev–Trinajstić information content (AvgIpc) is 2.12. The smallest absolute Gasteiger partial charge is 0.258 e. The number of halogens is 1. The Balaban J connectivity index is 0.000000671. The van der Waals surface area contributed by atoms with Gasteiger partial charge in [0, 0.05) is 12.3 Å². The zero-order valence-corrected chi connectivity index (χ0v) is 8.50. The molecule has 1 rings (SSSR count). The van der Waals surface area contributed by atoms with Crippen molar-refractivity contribution < 1.29 is 4.92 Å². The van der Waals surface area contributed by atoms with Crippen molar-refractivity contribution in [1.29, 1.82) is 0 Å². The minimum absolute atomic E-state index is 0.0689. The molecule has 0 aliphatic rings. The molecule has 0 amide bonds. The first-order valence-corrected chi connectivity index (χ1v) is 4.25. The highest BCUT2D eigenvalue weighted by Gasteiger charge is 2.12. The molecule has 72 valence electrons. The second-order valence-corrected chi connectivity index (χ2v) is 2.44. The van der Waals surface area contributed by atoms with Gasteiger partial charge in [0.2, 0.25) is 5.15 Å². The number of hydrogen-bond donors (Lipinski definition) is 0. The van der Waals surface area contributed by atoms with Crippen LogP contribution in [0.5, 0.6) is 0 Å². The van der Waals surface area contributed by atoms with Crippen molar-refractivity contribution in [3.8, 4) is 0 Å². The highest BCUT2D eigenvalue weighted by atomic mass is 35.5. The lowest BCUT2D eigenvalue weighted by Gasteiger charge is -1.94. The average molecular weight is 203 g/mol. The third-order valence-corrected chi connectivity index (χ3v) is 1.45. The first-order valence-electron chi connectivity index (χ1n) is 3.88. The van der Waals surface area contributed by atoms with E-state index in [-0.39, 0.29) is 10.8 Å². The van der Waals surface area contributed by atoms with Gasteiger partial charge in [0.15, 0.2) is 0 Å². The summed E-state index contributed by atoms with van der Waals surface area (Å²) in [4.78, 5) is 13.3. The normalized spacial score (nSPS) is 8.62. The Morgan fingerprint density at radius 2 is 2.08 bits per heavy atom. The minimum Gasteiger partial charge on any atom is -0.258 e. The maximum absolute atomic E-state index is 10.3. The Morgan fingerprint density at radius 3 is 2.46 bits per heavy atom. The van der Waals surface area contributed by atoms with Gasteiger partial charge in [-0.25, -0.2) is 4.98 Å². The number of pyridine rings is 1. The summed E-state index contributed by atoms with van der Waals surface area (Å²) in [5.74, 6) is 0. The zero-order valence-electron chi connectivity index (χ0n) is 7.74. The summed E-state index contributed by atoms with van der Waals surface area (Å²) < 4.78 is 0. The van der Waals surface area contributed by atoms with Gasteiger partial charge in [-0.05, 0) is 12.5 Å². The molecule has 1 aromatic rings. The number of aryl methyl sites for hydroxylation is 1. The Morgan fingerprint density at radius 1 is 1.54 bits per heavy atom. The first kappa shape index (κ1) is 11.8. The molecule has 1 heterocycles. The molecule has 0 aromatic carbocycles. The molecule has 0 spiro atoms. The Bertz CT molecular complexity index is 302. The predicted octanol–water partition coefficient (Wildman–Crippen LogP) is 2.98. The molecule has 0 bridgehead atoms. The lowest BCUT2D eigenvalue weighted by atomic mass is 10.3. The molecule has 1 aromatic heterocycles. The van der Waals surface area contributed by atoms with Gasteiger partial charge in [0.25, 0.3) is 0 Å². The Hall–Kier alpha value is -1.16. The largest absolute Gasteiger partial charge is 0.306 e. The van der Waals surface area contributed by atoms with Gasteiger partial charge in [-0.2, -0.15) is 0 Å². The molecule has 0 atom stereocenters. The zero-order chi connectivity index (χ0) is 10.4. The predicted molar refractivity (Wildman–Crippen MR) is 52.0 cm³/mol. The number of rotatable bonds is 1. The van der Waals surface area contributed by atoms with Gasteiger partial charge in [0.1, 0.15) is 0 Å². The second kappa shape index (κ2) is 5.48. The fourth-order valence-electron chi connectivity index (χ4n) is 0.665. The van der Waals surface area contributed by atoms with Gasteiger partial charge in [-0.3, -0.25) is 10.1 Å². The summed E-state index contributed by atoms with van der Waals surface area (Å²) in [5.41, 5.74) is 0.577. The summed E-state index contributed by atoms with van der Waals surface area (Å²) in [6, 6.07) is 1.38. The maximum atomic E-state index is 10.3. The standard InChI is InChI=1S/C6H5ClN2O2.C2H6/c1-4-2-5(9(10)11)6(7)8-3-4;1-2/h2-3H,1H3;1-2H3. The lowest BCUT2D eigenvalue weighted by molar-refractivity contribution is -0.385. The quantitative estimate of drug-likeness (QED) is 0.400. The Kier molecular flexibility index (Phi) is 4.99. The van der Waals surface area contributed by atoms with Crippen LogP contribution in [0.3, 0.4) is 0 Å². The lowest BCUT2D eigenvalue weighted by Crippen LogP contribution is -1.91. The third kappa shape index (κ3) is 3.38. The molecule has 13 heavy (non-hydrogen) atoms. The van der Waals surface area contributed by atoms with Gasteiger partial charge in [-0.1, -0.05) is 25.4 Å². The van der Waals surface area contributed by atoms with Crippen LogP contribution in [0.15, 0.2) is 12.3 Å². The molecular weight excluding hydrogens is 192 g/mol. The van der Waals surface area contributed by atoms with Crippen LogP contribution in [0.2, 0.25) is 5.15 Å². The topological polar surface area (TPSA) is 56.0 Å². The second-order valence-electron chi connectivity index (χ2n) is 2.08. The molecule has 0 fully saturated rings. The van der Waals surface area contributed by atoms with E-state index in [1.54, 1.807) is 6.92 Å². The van der Waals surface area contributed by atoms with E-state index < -0.39 is 4.92 Å². The molecule has 4 nitrogen and oxygen atoms in total. The summed E-state index contributed by atoms with van der Waals surface area (Å²) >= 11 is 5.44. The van der Waals surface area contributed by atoms with Gasteiger partial charge >= 0.3 is 5.69 Å². The van der Waals surface area contributed by atoms with Gasteiger partial charge in [0.05, 0.1) is 4.92 Å². The molecule has 0 N–H and O–H groups in total. The van der Waals surface area contributed by atoms with E-state index in [4.69, 9.17) is 11.6 Å². The number of aromatic nitrogens is 1. The molecular formula is C8H11ClN2O2. The van der Waals surface area contributed by atoms with Crippen LogP contribution in [0, 0.1) is 17.0 Å². The fraction of sp³-hybridized carbons (Fsp3) is 0.375. The number of nitro groups is 1. The number of nitrogens with zero attached hydrogens (tertiary/aromatic N) is 2. The summed E-state index contributed by atoms with van der Waals surface area (Å²) in [7, 11) is 0. The van der Waals surface area contributed by atoms with Crippen molar-refractivity contribution in [2.75, 3.05) is 0 Å². The molecule has 0 aliphatic carbocycles. The number of hydrogen-bond acceptors (Lipinski definition) is 3. The van der Waals surface area contributed by atoms with Crippen LogP contribution < -0.4 is 0 Å². The van der Waals surface area contributed by atoms with Crippen molar-refractivity contribution in [3.05, 3.63) is 33.1 Å². The summed E-state index contributed by atoms with van der Waals surface area (Å²) in [5, 5.41) is 10.2. The molecule has 0 aliphatic heterocycles. The maximum Gasteiger partial charge on any atom is 0.306 e. The molecule has 0 radical (unpaired) electrons. The molecule has 5 heteroatoms. The van der Waals surface area contributed by atoms with Gasteiger partial charge in [-0.15, -0.1) is 0 Å². The summed E-state index contributed by atoms with van der Waals surface area (Å²) in [6.45, 7) is 5.72. The monoisotopic (exact) mass is 202 g/mol. The molecule has 0 saturated carbocycles. The van der Waals surface area contributed by atoms with Gasteiger partial charge < -0.3 is 0 Å². The Labute approximate surface area is 81.7 Å². The van der Waals surface area contributed by atoms with Crippen LogP contribution in [0.4, 0.5) is 5.69 Å². The van der Waals surface area contributed by atoms with Crippen molar-refractivity contribution in [3.63, 3.8) is 0 Å². The highest BCUT2D eigenvalue weighted by molar-refractivity contribution is 6.31. The van der Waals surface area contributed by atoms with Crippen LogP contribution in [0.25, 0.3) is 0 Å². The van der Waals surface area contributed by atoms with Crippen LogP contribution >= 0.6 is 11.6 Å². The van der Waals surface area contributed by atoms with E-state index in [2.05, 4.69) is 4.98 Å². The third-order valence-electron chi connectivity index (χ3n) is 1.15. The van der Waals surface area contributed by atoms with E-state index in [1.807, 2.05) is 13.8 Å². The van der Waals surface area contributed by atoms with E-state index in [0.29, 0.717) is 0 Å². The van der Waals surface area contributed by atoms with Crippen LogP contribution in [0.1, 0.15) is 19.4 Å². The highest BCUT2D eigenvalue weighted by Crippen LogP contribution is 2.21. The fourth-order valence-corrected chi connectivity index (χ4v) is 0.837. The summed E-state index contributed by atoms with van der Waals surface area (Å²) in [6.07, 6.45) is 1.48. The van der Waals surface area contributed by atoms with E-state index >= 15 is 0 Å². The molecule has 0 saturated heterocycles. The van der Waals surface area contributed by atoms with E-state index in [0.717, 1.165) is 5.56 Å². The minimum atomic E-state index is -0.553. The van der Waals surface area contributed by atoms with Crippen LogP contribution in [-0.2, 0) is 0 Å². The SMILES string of the molecule is CC.Cc1cnc(Cl)c([N+](=O)[O-])c1. The van der Waals surface area contributed by atoms with E-state index in [9.17, 15) is 10.1 Å². The first-order chi connectivity index (χ1) is 6.11.